The molecule has 0 radical (unpaired) electrons. The molecule has 42 heavy (non-hydrogen) atoms. The van der Waals surface area contributed by atoms with Gasteiger partial charge in [-0.1, -0.05) is 26.7 Å². The van der Waals surface area contributed by atoms with Gasteiger partial charge in [0.15, 0.2) is 5.78 Å². The fourth-order valence-corrected chi connectivity index (χ4v) is 9.18. The van der Waals surface area contributed by atoms with Crippen molar-refractivity contribution in [1.29, 1.82) is 0 Å². The molecule has 2 saturated carbocycles. The molecule has 6 rings (SSSR count). The molecule has 2 aromatic rings. The van der Waals surface area contributed by atoms with Crippen molar-refractivity contribution in [2.24, 2.45) is 17.8 Å². The van der Waals surface area contributed by atoms with Gasteiger partial charge < -0.3 is 20.4 Å². The Morgan fingerprint density at radius 3 is 2.64 bits per heavy atom. The van der Waals surface area contributed by atoms with Crippen molar-refractivity contribution in [1.82, 2.24) is 15.2 Å². The summed E-state index contributed by atoms with van der Waals surface area (Å²) in [5.41, 5.74) is 2.56. The molecule has 2 N–H and O–H groups in total. The van der Waals surface area contributed by atoms with E-state index in [9.17, 15) is 9.59 Å². The number of piperazine rings is 1. The van der Waals surface area contributed by atoms with E-state index in [4.69, 9.17) is 4.98 Å². The molecule has 8 heteroatoms. The van der Waals surface area contributed by atoms with E-state index in [1.54, 1.807) is 11.3 Å². The first kappa shape index (κ1) is 29.6. The Labute approximate surface area is 255 Å². The lowest BCUT2D eigenvalue weighted by molar-refractivity contribution is -0.122. The number of nitrogens with one attached hydrogen (secondary N) is 2. The Balaban J connectivity index is 1.04. The SMILES string of the molecule is CCN1CCN(c2ccc(NC3CC(C4CCCC(NC(=O)c5cc6c(s5)CCCCC6)C4C)CCC3=O)nc2)CC1. The smallest absolute Gasteiger partial charge is 0.261 e. The van der Waals surface area contributed by atoms with Crippen molar-refractivity contribution in [3.8, 4) is 0 Å². The van der Waals surface area contributed by atoms with Crippen molar-refractivity contribution in [3.63, 3.8) is 0 Å². The van der Waals surface area contributed by atoms with Crippen LogP contribution in [-0.2, 0) is 17.6 Å². The van der Waals surface area contributed by atoms with E-state index < -0.39 is 0 Å². The van der Waals surface area contributed by atoms with Gasteiger partial charge in [-0.05, 0) is 99.4 Å². The minimum absolute atomic E-state index is 0.116. The molecule has 0 bridgehead atoms. The first-order valence-corrected chi connectivity index (χ1v) is 17.4. The molecule has 1 amide bonds. The summed E-state index contributed by atoms with van der Waals surface area (Å²) in [6.45, 7) is 9.90. The summed E-state index contributed by atoms with van der Waals surface area (Å²) >= 11 is 1.72. The molecular formula is C34H49N5O2S. The summed E-state index contributed by atoms with van der Waals surface area (Å²) in [5, 5.41) is 6.95. The first-order chi connectivity index (χ1) is 20.5. The van der Waals surface area contributed by atoms with Crippen LogP contribution in [-0.4, -0.2) is 66.4 Å². The van der Waals surface area contributed by atoms with Gasteiger partial charge in [-0.15, -0.1) is 11.3 Å². The third kappa shape index (κ3) is 6.70. The molecular weight excluding hydrogens is 542 g/mol. The van der Waals surface area contributed by atoms with Crippen LogP contribution in [0.2, 0.25) is 0 Å². The fourth-order valence-electron chi connectivity index (χ4n) is 8.03. The number of ketones is 1. The monoisotopic (exact) mass is 591 g/mol. The van der Waals surface area contributed by atoms with Crippen molar-refractivity contribution in [2.75, 3.05) is 42.9 Å². The topological polar surface area (TPSA) is 77.6 Å². The number of thiophene rings is 1. The lowest BCUT2D eigenvalue weighted by Gasteiger charge is -2.43. The fraction of sp³-hybridized carbons (Fsp3) is 0.676. The third-order valence-corrected chi connectivity index (χ3v) is 11.9. The first-order valence-electron chi connectivity index (χ1n) is 16.6. The Hall–Kier alpha value is -2.45. The predicted octanol–water partition coefficient (Wildman–Crippen LogP) is 5.94. The zero-order chi connectivity index (χ0) is 29.1. The van der Waals surface area contributed by atoms with E-state index in [0.717, 1.165) is 87.6 Å². The summed E-state index contributed by atoms with van der Waals surface area (Å²) in [7, 11) is 0. The normalized spacial score (nSPS) is 29.0. The number of hydrogen-bond donors (Lipinski definition) is 2. The molecule has 228 valence electrons. The number of anilines is 2. The predicted molar refractivity (Wildman–Crippen MR) is 172 cm³/mol. The van der Waals surface area contributed by atoms with E-state index in [2.05, 4.69) is 46.4 Å². The number of aromatic nitrogens is 1. The highest BCUT2D eigenvalue weighted by Crippen LogP contribution is 2.42. The number of pyridine rings is 1. The van der Waals surface area contributed by atoms with Crippen molar-refractivity contribution in [2.45, 2.75) is 96.6 Å². The summed E-state index contributed by atoms with van der Waals surface area (Å²) < 4.78 is 0. The van der Waals surface area contributed by atoms with Crippen LogP contribution in [0.4, 0.5) is 11.5 Å². The second kappa shape index (κ2) is 13.5. The molecule has 5 unspecified atom stereocenters. The van der Waals surface area contributed by atoms with Crippen LogP contribution in [0.1, 0.15) is 91.7 Å². The Kier molecular flexibility index (Phi) is 9.49. The van der Waals surface area contributed by atoms with Crippen LogP contribution in [0.25, 0.3) is 0 Å². The quantitative estimate of drug-likeness (QED) is 0.388. The Bertz CT molecular complexity index is 1200. The van der Waals surface area contributed by atoms with E-state index in [0.29, 0.717) is 30.0 Å². The highest BCUT2D eigenvalue weighted by atomic mass is 32.1. The van der Waals surface area contributed by atoms with Crippen LogP contribution in [0.5, 0.6) is 0 Å². The van der Waals surface area contributed by atoms with Gasteiger partial charge in [0.1, 0.15) is 5.82 Å². The summed E-state index contributed by atoms with van der Waals surface area (Å²) in [6.07, 6.45) is 13.8. The number of nitrogens with zero attached hydrogens (tertiary/aromatic N) is 3. The standard InChI is InChI=1S/C34H49N5O2S/c1-3-38-16-18-39(19-17-38)26-13-15-33(35-22-26)36-29-20-24(12-14-30(29)40)27-9-7-10-28(23(27)2)37-34(41)32-21-25-8-5-4-6-11-31(25)42-32/h13,15,21-24,27-29H,3-12,14,16-20H2,1-2H3,(H,35,36)(H,37,41). The number of carbonyl (C=O) groups excluding carboxylic acids is 2. The lowest BCUT2D eigenvalue weighted by Crippen LogP contribution is -2.47. The van der Waals surface area contributed by atoms with Gasteiger partial charge in [-0.3, -0.25) is 9.59 Å². The van der Waals surface area contributed by atoms with Gasteiger partial charge in [0.25, 0.3) is 5.91 Å². The molecule has 3 heterocycles. The minimum Gasteiger partial charge on any atom is -0.368 e. The van der Waals surface area contributed by atoms with Gasteiger partial charge in [0, 0.05) is 43.5 Å². The number of rotatable bonds is 7. The Morgan fingerprint density at radius 1 is 1.02 bits per heavy atom. The second-order valence-electron chi connectivity index (χ2n) is 13.2. The van der Waals surface area contributed by atoms with Crippen LogP contribution in [0.15, 0.2) is 24.4 Å². The van der Waals surface area contributed by atoms with E-state index in [1.165, 1.54) is 36.1 Å². The van der Waals surface area contributed by atoms with Gasteiger partial charge in [-0.25, -0.2) is 4.98 Å². The molecule has 5 atom stereocenters. The maximum absolute atomic E-state index is 13.3. The average Bonchev–Trinajstić information content (AvgIpc) is 3.30. The number of likely N-dealkylation sites (N-methyl/N-ethyl adjacent to an activating group) is 1. The molecule has 1 aliphatic heterocycles. The van der Waals surface area contributed by atoms with Crippen LogP contribution in [0.3, 0.4) is 0 Å². The summed E-state index contributed by atoms with van der Waals surface area (Å²) in [6, 6.07) is 6.37. The number of carbonyl (C=O) groups is 2. The molecule has 1 saturated heterocycles. The number of aryl methyl sites for hydroxylation is 2. The maximum atomic E-state index is 13.3. The number of hydrogen-bond acceptors (Lipinski definition) is 7. The lowest BCUT2D eigenvalue weighted by atomic mass is 9.66. The maximum Gasteiger partial charge on any atom is 0.261 e. The van der Waals surface area contributed by atoms with Crippen LogP contribution in [0, 0.1) is 17.8 Å². The van der Waals surface area contributed by atoms with E-state index in [-0.39, 0.29) is 18.0 Å². The number of amides is 1. The van der Waals surface area contributed by atoms with Crippen LogP contribution < -0.4 is 15.5 Å². The molecule has 0 aromatic carbocycles. The van der Waals surface area contributed by atoms with Crippen molar-refractivity contribution in [3.05, 3.63) is 39.7 Å². The minimum atomic E-state index is -0.182. The zero-order valence-electron chi connectivity index (χ0n) is 25.6. The third-order valence-electron chi connectivity index (χ3n) is 10.7. The second-order valence-corrected chi connectivity index (χ2v) is 14.3. The molecule has 7 nitrogen and oxygen atoms in total. The Morgan fingerprint density at radius 2 is 1.86 bits per heavy atom. The van der Waals surface area contributed by atoms with Crippen molar-refractivity contribution < 1.29 is 9.59 Å². The van der Waals surface area contributed by atoms with Crippen molar-refractivity contribution >= 4 is 34.5 Å². The highest BCUT2D eigenvalue weighted by molar-refractivity contribution is 7.14. The van der Waals surface area contributed by atoms with Crippen LogP contribution >= 0.6 is 11.3 Å². The number of fused-ring (bicyclic) bond motifs is 1. The van der Waals surface area contributed by atoms with E-state index in [1.807, 2.05) is 12.3 Å². The zero-order valence-corrected chi connectivity index (χ0v) is 26.4. The largest absolute Gasteiger partial charge is 0.368 e. The van der Waals surface area contributed by atoms with Gasteiger partial charge in [-0.2, -0.15) is 0 Å². The number of Topliss-reactive ketones (excluding diaryl/α,β-unsaturated/α-hetero) is 1. The van der Waals surface area contributed by atoms with E-state index >= 15 is 0 Å². The molecule has 0 spiro atoms. The molecule has 4 aliphatic rings. The molecule has 3 fully saturated rings. The summed E-state index contributed by atoms with van der Waals surface area (Å²) in [5.74, 6) is 2.64. The van der Waals surface area contributed by atoms with Gasteiger partial charge >= 0.3 is 0 Å². The highest BCUT2D eigenvalue weighted by Gasteiger charge is 2.40. The van der Waals surface area contributed by atoms with Gasteiger partial charge in [0.05, 0.1) is 22.8 Å². The average molecular weight is 592 g/mol. The molecule has 2 aromatic heterocycles. The summed E-state index contributed by atoms with van der Waals surface area (Å²) in [4.78, 5) is 38.2. The molecule has 3 aliphatic carbocycles. The van der Waals surface area contributed by atoms with Gasteiger partial charge in [0.2, 0.25) is 0 Å².